The summed E-state index contributed by atoms with van der Waals surface area (Å²) in [7, 11) is 0. The first kappa shape index (κ1) is 15.9. The standard InChI is InChI=1S/C14H9BrClFN2OS/c15-7-1-3-9(11(17)5-7)14(20)19-12-6-8(16)2-4-10(12)13(18)21/h1-6H,(H2,18,21)(H,19,20). The number of nitrogens with one attached hydrogen (secondary N) is 1. The van der Waals surface area contributed by atoms with Crippen molar-refractivity contribution in [1.29, 1.82) is 0 Å². The van der Waals surface area contributed by atoms with Crippen LogP contribution in [0, 0.1) is 5.82 Å². The number of hydrogen-bond acceptors (Lipinski definition) is 2. The molecule has 0 aliphatic rings. The molecule has 0 aliphatic carbocycles. The molecule has 108 valence electrons. The average molecular weight is 388 g/mol. The van der Waals surface area contributed by atoms with Crippen LogP contribution in [0.4, 0.5) is 10.1 Å². The van der Waals surface area contributed by atoms with E-state index >= 15 is 0 Å². The van der Waals surface area contributed by atoms with Gasteiger partial charge in [-0.2, -0.15) is 0 Å². The van der Waals surface area contributed by atoms with Crippen molar-refractivity contribution in [3.05, 3.63) is 62.8 Å². The van der Waals surface area contributed by atoms with Crippen molar-refractivity contribution in [3.8, 4) is 0 Å². The molecule has 2 rings (SSSR count). The second kappa shape index (κ2) is 6.51. The molecule has 0 aliphatic heterocycles. The molecule has 1 amide bonds. The van der Waals surface area contributed by atoms with Crippen LogP contribution < -0.4 is 11.1 Å². The molecule has 0 bridgehead atoms. The van der Waals surface area contributed by atoms with Crippen LogP contribution in [0.5, 0.6) is 0 Å². The van der Waals surface area contributed by atoms with Crippen LogP contribution in [-0.4, -0.2) is 10.9 Å². The van der Waals surface area contributed by atoms with Crippen molar-refractivity contribution >= 4 is 56.3 Å². The Bertz CT molecular complexity index is 739. The van der Waals surface area contributed by atoms with Gasteiger partial charge < -0.3 is 11.1 Å². The summed E-state index contributed by atoms with van der Waals surface area (Å²) in [6, 6.07) is 8.86. The zero-order valence-electron chi connectivity index (χ0n) is 10.5. The third kappa shape index (κ3) is 3.78. The number of halogens is 3. The minimum absolute atomic E-state index is 0.0907. The van der Waals surface area contributed by atoms with Gasteiger partial charge in [0.15, 0.2) is 0 Å². The van der Waals surface area contributed by atoms with E-state index in [9.17, 15) is 9.18 Å². The van der Waals surface area contributed by atoms with Crippen molar-refractivity contribution in [2.75, 3.05) is 5.32 Å². The van der Waals surface area contributed by atoms with Crippen LogP contribution in [0.15, 0.2) is 40.9 Å². The van der Waals surface area contributed by atoms with E-state index in [-0.39, 0.29) is 10.6 Å². The summed E-state index contributed by atoms with van der Waals surface area (Å²) in [5.41, 5.74) is 6.29. The second-order valence-corrected chi connectivity index (χ2v) is 5.92. The molecule has 0 saturated heterocycles. The van der Waals surface area contributed by atoms with Crippen LogP contribution in [-0.2, 0) is 0 Å². The largest absolute Gasteiger partial charge is 0.389 e. The van der Waals surface area contributed by atoms with E-state index in [1.165, 1.54) is 18.2 Å². The first-order chi connectivity index (χ1) is 9.88. The molecule has 0 heterocycles. The Hall–Kier alpha value is -1.50. The lowest BCUT2D eigenvalue weighted by molar-refractivity contribution is 0.102. The lowest BCUT2D eigenvalue weighted by Gasteiger charge is -2.11. The van der Waals surface area contributed by atoms with Crippen LogP contribution in [0.3, 0.4) is 0 Å². The zero-order valence-corrected chi connectivity index (χ0v) is 13.7. The molecule has 21 heavy (non-hydrogen) atoms. The Kier molecular flexibility index (Phi) is 4.92. The molecule has 0 saturated carbocycles. The summed E-state index contributed by atoms with van der Waals surface area (Å²) in [6.07, 6.45) is 0. The molecular weight excluding hydrogens is 379 g/mol. The highest BCUT2D eigenvalue weighted by molar-refractivity contribution is 9.10. The average Bonchev–Trinajstić information content (AvgIpc) is 2.37. The number of benzene rings is 2. The highest BCUT2D eigenvalue weighted by Gasteiger charge is 2.15. The molecular formula is C14H9BrClFN2OS. The maximum absolute atomic E-state index is 13.8. The number of nitrogens with two attached hydrogens (primary N) is 1. The normalized spacial score (nSPS) is 10.2. The van der Waals surface area contributed by atoms with Crippen molar-refractivity contribution in [2.45, 2.75) is 0 Å². The van der Waals surface area contributed by atoms with Gasteiger partial charge in [-0.1, -0.05) is 39.7 Å². The van der Waals surface area contributed by atoms with Gasteiger partial charge in [-0.05, 0) is 36.4 Å². The summed E-state index contributed by atoms with van der Waals surface area (Å²) in [5, 5.41) is 2.97. The fourth-order valence-electron chi connectivity index (χ4n) is 1.70. The van der Waals surface area contributed by atoms with Gasteiger partial charge in [0, 0.05) is 15.1 Å². The molecule has 0 unspecified atom stereocenters. The van der Waals surface area contributed by atoms with Gasteiger partial charge in [-0.25, -0.2) is 4.39 Å². The van der Waals surface area contributed by atoms with E-state index in [2.05, 4.69) is 21.2 Å². The highest BCUT2D eigenvalue weighted by Crippen LogP contribution is 2.23. The van der Waals surface area contributed by atoms with Crippen molar-refractivity contribution < 1.29 is 9.18 Å². The van der Waals surface area contributed by atoms with Crippen molar-refractivity contribution in [3.63, 3.8) is 0 Å². The van der Waals surface area contributed by atoms with Crippen LogP contribution in [0.25, 0.3) is 0 Å². The Balaban J connectivity index is 2.35. The fourth-order valence-corrected chi connectivity index (χ4v) is 2.38. The summed E-state index contributed by atoms with van der Waals surface area (Å²) in [5.74, 6) is -1.25. The van der Waals surface area contributed by atoms with Gasteiger partial charge in [-0.3, -0.25) is 4.79 Å². The Labute approximate surface area is 139 Å². The molecule has 2 aromatic rings. The molecule has 2 aromatic carbocycles. The number of anilines is 1. The second-order valence-electron chi connectivity index (χ2n) is 4.13. The highest BCUT2D eigenvalue weighted by atomic mass is 79.9. The van der Waals surface area contributed by atoms with Crippen molar-refractivity contribution in [1.82, 2.24) is 0 Å². The first-order valence-electron chi connectivity index (χ1n) is 5.74. The topological polar surface area (TPSA) is 55.1 Å². The molecule has 0 atom stereocenters. The molecule has 0 spiro atoms. The quantitative estimate of drug-likeness (QED) is 0.779. The number of carbonyl (C=O) groups is 1. The smallest absolute Gasteiger partial charge is 0.258 e. The SMILES string of the molecule is NC(=S)c1ccc(Cl)cc1NC(=O)c1ccc(Br)cc1F. The lowest BCUT2D eigenvalue weighted by Crippen LogP contribution is -2.18. The summed E-state index contributed by atoms with van der Waals surface area (Å²) in [4.78, 5) is 12.2. The zero-order chi connectivity index (χ0) is 15.6. The molecule has 0 aromatic heterocycles. The van der Waals surface area contributed by atoms with Gasteiger partial charge in [0.1, 0.15) is 10.8 Å². The summed E-state index contributed by atoms with van der Waals surface area (Å²) < 4.78 is 14.3. The van der Waals surface area contributed by atoms with E-state index in [1.54, 1.807) is 18.2 Å². The van der Waals surface area contributed by atoms with E-state index in [0.717, 1.165) is 0 Å². The third-order valence-electron chi connectivity index (χ3n) is 2.67. The predicted molar refractivity (Wildman–Crippen MR) is 89.4 cm³/mol. The number of carbonyl (C=O) groups excluding carboxylic acids is 1. The minimum Gasteiger partial charge on any atom is -0.389 e. The minimum atomic E-state index is -0.638. The van der Waals surface area contributed by atoms with E-state index in [0.29, 0.717) is 20.7 Å². The molecule has 3 nitrogen and oxygen atoms in total. The van der Waals surface area contributed by atoms with Crippen molar-refractivity contribution in [2.24, 2.45) is 5.73 Å². The summed E-state index contributed by atoms with van der Waals surface area (Å²) >= 11 is 13.9. The van der Waals surface area contributed by atoms with Crippen LogP contribution in [0.1, 0.15) is 15.9 Å². The van der Waals surface area contributed by atoms with Gasteiger partial charge in [0.2, 0.25) is 0 Å². The summed E-state index contributed by atoms with van der Waals surface area (Å²) in [6.45, 7) is 0. The van der Waals surface area contributed by atoms with Gasteiger partial charge in [0.25, 0.3) is 5.91 Å². The number of amides is 1. The number of thiocarbonyl (C=S) groups is 1. The van der Waals surface area contributed by atoms with E-state index < -0.39 is 11.7 Å². The number of hydrogen-bond donors (Lipinski definition) is 2. The molecule has 3 N–H and O–H groups in total. The monoisotopic (exact) mass is 386 g/mol. The Morgan fingerprint density at radius 2 is 1.90 bits per heavy atom. The van der Waals surface area contributed by atoms with E-state index in [1.807, 2.05) is 0 Å². The van der Waals surface area contributed by atoms with E-state index in [4.69, 9.17) is 29.6 Å². The van der Waals surface area contributed by atoms with Crippen LogP contribution >= 0.6 is 39.7 Å². The third-order valence-corrected chi connectivity index (χ3v) is 3.62. The van der Waals surface area contributed by atoms with Gasteiger partial charge in [0.05, 0.1) is 11.3 Å². The first-order valence-corrected chi connectivity index (χ1v) is 7.32. The van der Waals surface area contributed by atoms with Gasteiger partial charge in [-0.15, -0.1) is 0 Å². The maximum Gasteiger partial charge on any atom is 0.258 e. The Morgan fingerprint density at radius 1 is 1.24 bits per heavy atom. The molecule has 0 radical (unpaired) electrons. The van der Waals surface area contributed by atoms with Crippen LogP contribution in [0.2, 0.25) is 5.02 Å². The Morgan fingerprint density at radius 3 is 2.52 bits per heavy atom. The van der Waals surface area contributed by atoms with Gasteiger partial charge >= 0.3 is 0 Å². The molecule has 0 fully saturated rings. The predicted octanol–water partition coefficient (Wildman–Crippen LogP) is 4.13. The maximum atomic E-state index is 13.8. The lowest BCUT2D eigenvalue weighted by atomic mass is 10.1. The number of rotatable bonds is 3. The molecule has 7 heteroatoms. The fraction of sp³-hybridized carbons (Fsp3) is 0.